The third-order valence-corrected chi connectivity index (χ3v) is 6.12. The Morgan fingerprint density at radius 1 is 1.05 bits per heavy atom. The van der Waals surface area contributed by atoms with E-state index in [9.17, 15) is 0 Å². The molecule has 0 unspecified atom stereocenters. The lowest BCUT2D eigenvalue weighted by Crippen LogP contribution is -2.26. The summed E-state index contributed by atoms with van der Waals surface area (Å²) in [5.74, 6) is 5.68. The van der Waals surface area contributed by atoms with Crippen LogP contribution in [0, 0.1) is 11.3 Å². The predicted molar refractivity (Wildman–Crippen MR) is 90.7 cm³/mol. The van der Waals surface area contributed by atoms with Gasteiger partial charge >= 0.3 is 0 Å². The van der Waals surface area contributed by atoms with E-state index >= 15 is 0 Å². The summed E-state index contributed by atoms with van der Waals surface area (Å²) in [6.45, 7) is 7.13. The predicted octanol–water partition coefficient (Wildman–Crippen LogP) is 4.59. The van der Waals surface area contributed by atoms with Crippen LogP contribution in [0.25, 0.3) is 0 Å². The van der Waals surface area contributed by atoms with E-state index in [4.69, 9.17) is 9.97 Å². The summed E-state index contributed by atoms with van der Waals surface area (Å²) >= 11 is 1.95. The molecule has 0 saturated heterocycles. The third-order valence-electron chi connectivity index (χ3n) is 5.15. The van der Waals surface area contributed by atoms with Gasteiger partial charge < -0.3 is 5.32 Å². The number of nitrogens with zero attached hydrogens (tertiary/aromatic N) is 2. The zero-order valence-corrected chi connectivity index (χ0v) is 14.5. The summed E-state index contributed by atoms with van der Waals surface area (Å²) in [7, 11) is 1.98. The molecule has 21 heavy (non-hydrogen) atoms. The molecular weight excluding hydrogens is 278 g/mol. The number of anilines is 1. The maximum absolute atomic E-state index is 4.90. The maximum Gasteiger partial charge on any atom is 0.134 e. The average Bonchev–Trinajstić information content (AvgIpc) is 2.93. The third kappa shape index (κ3) is 3.05. The summed E-state index contributed by atoms with van der Waals surface area (Å²) in [5.41, 5.74) is 3.04. The van der Waals surface area contributed by atoms with Crippen LogP contribution in [0.3, 0.4) is 0 Å². The van der Waals surface area contributed by atoms with Gasteiger partial charge in [-0.15, -0.1) is 0 Å². The van der Waals surface area contributed by atoms with Crippen molar-refractivity contribution in [1.82, 2.24) is 9.97 Å². The monoisotopic (exact) mass is 305 g/mol. The summed E-state index contributed by atoms with van der Waals surface area (Å²) in [5, 5.41) is 3.28. The van der Waals surface area contributed by atoms with Crippen LogP contribution >= 0.6 is 11.8 Å². The number of hydrogen-bond donors (Lipinski definition) is 1. The molecule has 116 valence electrons. The van der Waals surface area contributed by atoms with Crippen molar-refractivity contribution in [2.45, 2.75) is 63.9 Å². The Hall–Kier alpha value is -0.770. The zero-order valence-electron chi connectivity index (χ0n) is 13.7. The van der Waals surface area contributed by atoms with Gasteiger partial charge in [0.05, 0.1) is 5.69 Å². The molecule has 0 atom stereocenters. The summed E-state index contributed by atoms with van der Waals surface area (Å²) in [6, 6.07) is 0. The number of nitrogens with one attached hydrogen (secondary N) is 1. The van der Waals surface area contributed by atoms with Crippen LogP contribution in [0.4, 0.5) is 5.82 Å². The van der Waals surface area contributed by atoms with Crippen molar-refractivity contribution in [3.8, 4) is 0 Å². The number of rotatable bonds is 2. The average molecular weight is 305 g/mol. The van der Waals surface area contributed by atoms with Gasteiger partial charge in [0.25, 0.3) is 0 Å². The SMILES string of the molecule is CNc1nc(C2CCC(C(C)(C)C)CC2)nc2c1CSC2. The van der Waals surface area contributed by atoms with E-state index in [1.807, 2.05) is 18.8 Å². The molecule has 1 aromatic heterocycles. The van der Waals surface area contributed by atoms with E-state index < -0.39 is 0 Å². The first kappa shape index (κ1) is 15.1. The Morgan fingerprint density at radius 2 is 1.76 bits per heavy atom. The molecule has 0 aromatic carbocycles. The number of fused-ring (bicyclic) bond motifs is 1. The quantitative estimate of drug-likeness (QED) is 0.867. The standard InChI is InChI=1S/C17H27N3S/c1-17(2,3)12-7-5-11(6-8-12)15-19-14-10-21-9-13(14)16(18-4)20-15/h11-12H,5-10H2,1-4H3,(H,18,19,20). The zero-order chi connectivity index (χ0) is 15.0. The molecule has 1 N–H and O–H groups in total. The molecule has 3 nitrogen and oxygen atoms in total. The van der Waals surface area contributed by atoms with Crippen molar-refractivity contribution < 1.29 is 0 Å². The van der Waals surface area contributed by atoms with Crippen LogP contribution in [-0.2, 0) is 11.5 Å². The van der Waals surface area contributed by atoms with Gasteiger partial charge in [-0.25, -0.2) is 9.97 Å². The Morgan fingerprint density at radius 3 is 2.38 bits per heavy atom. The summed E-state index contributed by atoms with van der Waals surface area (Å²) < 4.78 is 0. The minimum Gasteiger partial charge on any atom is -0.373 e. The number of aromatic nitrogens is 2. The molecule has 2 heterocycles. The fourth-order valence-corrected chi connectivity index (χ4v) is 4.72. The Kier molecular flexibility index (Phi) is 4.17. The maximum atomic E-state index is 4.90. The van der Waals surface area contributed by atoms with Gasteiger partial charge in [-0.1, -0.05) is 20.8 Å². The molecule has 1 aromatic rings. The van der Waals surface area contributed by atoms with E-state index in [2.05, 4.69) is 26.1 Å². The van der Waals surface area contributed by atoms with Crippen molar-refractivity contribution in [1.29, 1.82) is 0 Å². The Balaban J connectivity index is 1.77. The lowest BCUT2D eigenvalue weighted by Gasteiger charge is -2.36. The second-order valence-corrected chi connectivity index (χ2v) is 8.50. The Labute approximate surface area is 132 Å². The fourth-order valence-electron chi connectivity index (χ4n) is 3.68. The highest BCUT2D eigenvalue weighted by atomic mass is 32.2. The molecule has 1 saturated carbocycles. The summed E-state index contributed by atoms with van der Waals surface area (Å²) in [6.07, 6.45) is 5.13. The highest BCUT2D eigenvalue weighted by molar-refractivity contribution is 7.98. The van der Waals surface area contributed by atoms with Crippen LogP contribution in [-0.4, -0.2) is 17.0 Å². The molecule has 0 radical (unpaired) electrons. The molecule has 0 amide bonds. The van der Waals surface area contributed by atoms with Gasteiger partial charge in [-0.05, 0) is 37.0 Å². The first-order valence-electron chi connectivity index (χ1n) is 8.14. The largest absolute Gasteiger partial charge is 0.373 e. The first-order valence-corrected chi connectivity index (χ1v) is 9.29. The van der Waals surface area contributed by atoms with Gasteiger partial charge in [0.2, 0.25) is 0 Å². The van der Waals surface area contributed by atoms with Crippen LogP contribution < -0.4 is 5.32 Å². The van der Waals surface area contributed by atoms with Crippen LogP contribution in [0.2, 0.25) is 0 Å². The van der Waals surface area contributed by atoms with Crippen LogP contribution in [0.5, 0.6) is 0 Å². The van der Waals surface area contributed by atoms with Crippen molar-refractivity contribution in [3.05, 3.63) is 17.1 Å². The van der Waals surface area contributed by atoms with Crippen LogP contribution in [0.15, 0.2) is 0 Å². The summed E-state index contributed by atoms with van der Waals surface area (Å²) in [4.78, 5) is 9.74. The van der Waals surface area contributed by atoms with Gasteiger partial charge in [0, 0.05) is 30.0 Å². The van der Waals surface area contributed by atoms with E-state index in [-0.39, 0.29) is 0 Å². The molecule has 3 rings (SSSR count). The van der Waals surface area contributed by atoms with Gasteiger partial charge in [-0.2, -0.15) is 11.8 Å². The minimum atomic E-state index is 0.441. The molecule has 4 heteroatoms. The molecule has 2 aliphatic rings. The van der Waals surface area contributed by atoms with Gasteiger partial charge in [0.1, 0.15) is 11.6 Å². The van der Waals surface area contributed by atoms with E-state index in [0.29, 0.717) is 11.3 Å². The molecule has 1 aliphatic carbocycles. The van der Waals surface area contributed by atoms with Crippen LogP contribution in [0.1, 0.15) is 69.5 Å². The van der Waals surface area contributed by atoms with Gasteiger partial charge in [-0.3, -0.25) is 0 Å². The molecule has 0 spiro atoms. The first-order chi connectivity index (χ1) is 9.99. The second-order valence-electron chi connectivity index (χ2n) is 7.51. The highest BCUT2D eigenvalue weighted by Gasteiger charge is 2.32. The smallest absolute Gasteiger partial charge is 0.134 e. The minimum absolute atomic E-state index is 0.441. The number of thioether (sulfide) groups is 1. The Bertz CT molecular complexity index is 514. The normalized spacial score (nSPS) is 25.7. The van der Waals surface area contributed by atoms with E-state index in [1.165, 1.54) is 36.9 Å². The van der Waals surface area contributed by atoms with Gasteiger partial charge in [0.15, 0.2) is 0 Å². The fraction of sp³-hybridized carbons (Fsp3) is 0.765. The molecular formula is C17H27N3S. The van der Waals surface area contributed by atoms with Crippen molar-refractivity contribution >= 4 is 17.6 Å². The van der Waals surface area contributed by atoms with Crippen molar-refractivity contribution in [2.75, 3.05) is 12.4 Å². The van der Waals surface area contributed by atoms with Crippen molar-refractivity contribution in [3.63, 3.8) is 0 Å². The topological polar surface area (TPSA) is 37.8 Å². The lowest BCUT2D eigenvalue weighted by molar-refractivity contribution is 0.167. The highest BCUT2D eigenvalue weighted by Crippen LogP contribution is 2.43. The van der Waals surface area contributed by atoms with Crippen molar-refractivity contribution in [2.24, 2.45) is 11.3 Å². The molecule has 1 fully saturated rings. The molecule has 0 bridgehead atoms. The molecule has 1 aliphatic heterocycles. The lowest BCUT2D eigenvalue weighted by atomic mass is 9.69. The van der Waals surface area contributed by atoms with E-state index in [1.54, 1.807) is 0 Å². The van der Waals surface area contributed by atoms with E-state index in [0.717, 1.165) is 29.1 Å². The number of hydrogen-bond acceptors (Lipinski definition) is 4. The second kappa shape index (κ2) is 5.79.